The summed E-state index contributed by atoms with van der Waals surface area (Å²) in [6.07, 6.45) is 4.02. The van der Waals surface area contributed by atoms with Gasteiger partial charge in [0.15, 0.2) is 0 Å². The average molecular weight is 263 g/mol. The fraction of sp³-hybridized carbons (Fsp3) is 0.900. The summed E-state index contributed by atoms with van der Waals surface area (Å²) in [6, 6.07) is -0.189. The van der Waals surface area contributed by atoms with Gasteiger partial charge < -0.3 is 10.2 Å². The zero-order chi connectivity index (χ0) is 12.9. The zero-order valence-electron chi connectivity index (χ0n) is 10.4. The predicted octanol–water partition coefficient (Wildman–Crippen LogP) is 0.120. The van der Waals surface area contributed by atoms with Gasteiger partial charge in [0.1, 0.15) is 0 Å². The molecule has 0 aromatic carbocycles. The Hall–Kier alpha value is -0.820. The van der Waals surface area contributed by atoms with E-state index in [4.69, 9.17) is 0 Å². The van der Waals surface area contributed by atoms with E-state index in [0.717, 1.165) is 25.7 Å². The van der Waals surface area contributed by atoms with Crippen molar-refractivity contribution in [2.45, 2.75) is 31.7 Å². The number of rotatable bonds is 5. The Kier molecular flexibility index (Phi) is 5.20. The lowest BCUT2D eigenvalue weighted by molar-refractivity contribution is 0.218. The molecule has 1 rings (SSSR count). The molecule has 0 atom stereocenters. The van der Waals surface area contributed by atoms with Gasteiger partial charge in [0.05, 0.1) is 5.75 Å². The number of carbonyl (C=O) groups excluding carboxylic acids is 1. The quantitative estimate of drug-likeness (QED) is 0.739. The first-order valence-corrected chi connectivity index (χ1v) is 7.51. The van der Waals surface area contributed by atoms with Crippen LogP contribution in [0.15, 0.2) is 0 Å². The van der Waals surface area contributed by atoms with Crippen LogP contribution in [0.5, 0.6) is 0 Å². The van der Waals surface area contributed by atoms with Crippen LogP contribution in [0.1, 0.15) is 25.7 Å². The van der Waals surface area contributed by atoms with Crippen LogP contribution < -0.4 is 10.0 Å². The highest BCUT2D eigenvalue weighted by Crippen LogP contribution is 2.18. The highest BCUT2D eigenvalue weighted by Gasteiger charge is 2.21. The predicted molar refractivity (Wildman–Crippen MR) is 66.3 cm³/mol. The summed E-state index contributed by atoms with van der Waals surface area (Å²) < 4.78 is 26.0. The smallest absolute Gasteiger partial charge is 0.316 e. The molecule has 0 aromatic heterocycles. The molecule has 6 nitrogen and oxygen atoms in total. The van der Waals surface area contributed by atoms with Gasteiger partial charge in [0.2, 0.25) is 10.0 Å². The van der Waals surface area contributed by atoms with E-state index in [0.29, 0.717) is 0 Å². The van der Waals surface area contributed by atoms with Crippen LogP contribution in [0, 0.1) is 0 Å². The van der Waals surface area contributed by atoms with Crippen molar-refractivity contribution < 1.29 is 13.2 Å². The minimum Gasteiger partial charge on any atom is -0.337 e. The minimum absolute atomic E-state index is 0.0664. The molecule has 0 aliphatic heterocycles. The van der Waals surface area contributed by atoms with Crippen molar-refractivity contribution >= 4 is 16.1 Å². The van der Waals surface area contributed by atoms with Crippen LogP contribution in [-0.2, 0) is 10.0 Å². The molecular formula is C10H21N3O3S. The van der Waals surface area contributed by atoms with Gasteiger partial charge in [-0.05, 0) is 12.8 Å². The fourth-order valence-corrected chi connectivity index (χ4v) is 3.04. The van der Waals surface area contributed by atoms with Gasteiger partial charge in [-0.2, -0.15) is 0 Å². The summed E-state index contributed by atoms with van der Waals surface area (Å²) in [5.74, 6) is -0.0664. The number of hydrogen-bond acceptors (Lipinski definition) is 3. The topological polar surface area (TPSA) is 78.5 Å². The van der Waals surface area contributed by atoms with Crippen LogP contribution in [0.3, 0.4) is 0 Å². The molecule has 1 saturated carbocycles. The number of amides is 2. The SMILES string of the molecule is CN(C)C(=O)NCCS(=O)(=O)NC1CCCC1. The monoisotopic (exact) mass is 263 g/mol. The second-order valence-electron chi connectivity index (χ2n) is 4.54. The lowest BCUT2D eigenvalue weighted by Crippen LogP contribution is -2.41. The number of sulfonamides is 1. The molecule has 0 radical (unpaired) electrons. The summed E-state index contributed by atoms with van der Waals surface area (Å²) in [7, 11) is -0.0462. The Morgan fingerprint density at radius 1 is 1.29 bits per heavy atom. The Labute approximate surface area is 103 Å². The third-order valence-corrected chi connectivity index (χ3v) is 4.19. The molecule has 1 aliphatic carbocycles. The molecule has 0 heterocycles. The molecule has 7 heteroatoms. The van der Waals surface area contributed by atoms with E-state index in [1.54, 1.807) is 14.1 Å². The van der Waals surface area contributed by atoms with Crippen LogP contribution in [0.2, 0.25) is 0 Å². The molecule has 2 amide bonds. The lowest BCUT2D eigenvalue weighted by atomic mass is 10.3. The average Bonchev–Trinajstić information content (AvgIpc) is 2.68. The van der Waals surface area contributed by atoms with Crippen LogP contribution in [-0.4, -0.2) is 51.8 Å². The minimum atomic E-state index is -3.27. The first-order valence-electron chi connectivity index (χ1n) is 5.86. The third-order valence-electron chi connectivity index (χ3n) is 2.75. The Balaban J connectivity index is 2.27. The summed E-state index contributed by atoms with van der Waals surface area (Å²) >= 11 is 0. The van der Waals surface area contributed by atoms with Gasteiger partial charge >= 0.3 is 6.03 Å². The molecule has 17 heavy (non-hydrogen) atoms. The molecule has 0 aromatic rings. The number of nitrogens with one attached hydrogen (secondary N) is 2. The van der Waals surface area contributed by atoms with Crippen LogP contribution >= 0.6 is 0 Å². The first-order chi connectivity index (χ1) is 7.91. The van der Waals surface area contributed by atoms with Crippen molar-refractivity contribution in [1.82, 2.24) is 14.9 Å². The van der Waals surface area contributed by atoms with Crippen molar-refractivity contribution in [3.8, 4) is 0 Å². The largest absolute Gasteiger partial charge is 0.337 e. The Bertz CT molecular complexity index is 348. The molecule has 1 aliphatic rings. The van der Waals surface area contributed by atoms with Gasteiger partial charge in [-0.3, -0.25) is 0 Å². The van der Waals surface area contributed by atoms with Crippen LogP contribution in [0.25, 0.3) is 0 Å². The van der Waals surface area contributed by atoms with E-state index >= 15 is 0 Å². The fourth-order valence-electron chi connectivity index (χ4n) is 1.81. The van der Waals surface area contributed by atoms with E-state index in [-0.39, 0.29) is 24.4 Å². The van der Waals surface area contributed by atoms with Gasteiger partial charge in [-0.1, -0.05) is 12.8 Å². The van der Waals surface area contributed by atoms with E-state index in [9.17, 15) is 13.2 Å². The van der Waals surface area contributed by atoms with Crippen molar-refractivity contribution in [1.29, 1.82) is 0 Å². The lowest BCUT2D eigenvalue weighted by Gasteiger charge is -2.14. The molecular weight excluding hydrogens is 242 g/mol. The van der Waals surface area contributed by atoms with E-state index in [1.165, 1.54) is 4.90 Å². The van der Waals surface area contributed by atoms with Crippen molar-refractivity contribution in [3.05, 3.63) is 0 Å². The highest BCUT2D eigenvalue weighted by atomic mass is 32.2. The highest BCUT2D eigenvalue weighted by molar-refractivity contribution is 7.89. The standard InChI is InChI=1S/C10H21N3O3S/c1-13(2)10(14)11-7-8-17(15,16)12-9-5-3-4-6-9/h9,12H,3-8H2,1-2H3,(H,11,14). The molecule has 2 N–H and O–H groups in total. The number of hydrogen-bond donors (Lipinski definition) is 2. The van der Waals surface area contributed by atoms with E-state index in [1.807, 2.05) is 0 Å². The Morgan fingerprint density at radius 3 is 2.41 bits per heavy atom. The molecule has 100 valence electrons. The molecule has 0 saturated heterocycles. The third kappa shape index (κ3) is 5.36. The molecule has 0 spiro atoms. The number of urea groups is 1. The van der Waals surface area contributed by atoms with E-state index in [2.05, 4.69) is 10.0 Å². The van der Waals surface area contributed by atoms with Gasteiger partial charge in [-0.15, -0.1) is 0 Å². The Morgan fingerprint density at radius 2 is 1.88 bits per heavy atom. The molecule has 1 fully saturated rings. The van der Waals surface area contributed by atoms with Gasteiger partial charge in [0, 0.05) is 26.7 Å². The summed E-state index contributed by atoms with van der Waals surface area (Å²) in [4.78, 5) is 12.5. The van der Waals surface area contributed by atoms with Crippen LogP contribution in [0.4, 0.5) is 4.79 Å². The first kappa shape index (κ1) is 14.2. The number of carbonyl (C=O) groups is 1. The van der Waals surface area contributed by atoms with Crippen molar-refractivity contribution in [2.24, 2.45) is 0 Å². The molecule has 0 bridgehead atoms. The second-order valence-corrected chi connectivity index (χ2v) is 6.42. The zero-order valence-corrected chi connectivity index (χ0v) is 11.2. The van der Waals surface area contributed by atoms with Crippen molar-refractivity contribution in [3.63, 3.8) is 0 Å². The van der Waals surface area contributed by atoms with Gasteiger partial charge in [-0.25, -0.2) is 17.9 Å². The maximum atomic E-state index is 11.7. The normalized spacial score (nSPS) is 17.1. The second kappa shape index (κ2) is 6.20. The van der Waals surface area contributed by atoms with Crippen molar-refractivity contribution in [2.75, 3.05) is 26.4 Å². The summed E-state index contributed by atoms with van der Waals surface area (Å²) in [6.45, 7) is 0.138. The van der Waals surface area contributed by atoms with Gasteiger partial charge in [0.25, 0.3) is 0 Å². The number of nitrogens with zero attached hydrogens (tertiary/aromatic N) is 1. The molecule has 0 unspecified atom stereocenters. The maximum absolute atomic E-state index is 11.7. The summed E-state index contributed by atoms with van der Waals surface area (Å²) in [5, 5.41) is 2.53. The van der Waals surface area contributed by atoms with E-state index < -0.39 is 10.0 Å². The maximum Gasteiger partial charge on any atom is 0.316 e. The summed E-state index contributed by atoms with van der Waals surface area (Å²) in [5.41, 5.74) is 0.